The van der Waals surface area contributed by atoms with Crippen LogP contribution in [0.15, 0.2) is 47.4 Å². The third kappa shape index (κ3) is 6.51. The van der Waals surface area contributed by atoms with Crippen LogP contribution in [-0.4, -0.2) is 84.6 Å². The average molecular weight is 525 g/mol. The number of nitrogens with zero attached hydrogens (tertiary/aromatic N) is 3. The van der Waals surface area contributed by atoms with Crippen LogP contribution in [0.3, 0.4) is 0 Å². The lowest BCUT2D eigenvalue weighted by Crippen LogP contribution is -2.47. The summed E-state index contributed by atoms with van der Waals surface area (Å²) in [6.45, 7) is 5.45. The highest BCUT2D eigenvalue weighted by molar-refractivity contribution is 7.92. The molecular formula is C23H32N4O6S2. The van der Waals surface area contributed by atoms with Crippen LogP contribution in [0, 0.1) is 6.92 Å². The summed E-state index contributed by atoms with van der Waals surface area (Å²) in [6.07, 6.45) is 0.226. The predicted octanol–water partition coefficient (Wildman–Crippen LogP) is 1.73. The van der Waals surface area contributed by atoms with Gasteiger partial charge in [-0.15, -0.1) is 0 Å². The SMILES string of the molecule is Cc1ccc(NC(=O)C(C)Oc2ccc(N(C)S(C)(=O)=O)cc2)cc1S(=O)(=O)N1CCN(C)CC1. The molecule has 1 N–H and O–H groups in total. The Labute approximate surface area is 207 Å². The summed E-state index contributed by atoms with van der Waals surface area (Å²) in [5.74, 6) is -0.0605. The number of piperazine rings is 1. The zero-order chi connectivity index (χ0) is 26.0. The first-order chi connectivity index (χ1) is 16.3. The van der Waals surface area contributed by atoms with Crippen molar-refractivity contribution in [1.82, 2.24) is 9.21 Å². The van der Waals surface area contributed by atoms with Gasteiger partial charge in [0.15, 0.2) is 6.10 Å². The Morgan fingerprint density at radius 1 is 1.03 bits per heavy atom. The van der Waals surface area contributed by atoms with Gasteiger partial charge in [0.1, 0.15) is 5.75 Å². The number of aryl methyl sites for hydroxylation is 1. The normalized spacial score (nSPS) is 16.5. The molecule has 0 bridgehead atoms. The number of carbonyl (C=O) groups is 1. The van der Waals surface area contributed by atoms with Gasteiger partial charge in [-0.3, -0.25) is 9.10 Å². The molecule has 1 fully saturated rings. The number of amides is 1. The lowest BCUT2D eigenvalue weighted by atomic mass is 10.2. The van der Waals surface area contributed by atoms with E-state index in [0.29, 0.717) is 48.9 Å². The average Bonchev–Trinajstić information content (AvgIpc) is 2.80. The molecule has 1 aliphatic heterocycles. The zero-order valence-electron chi connectivity index (χ0n) is 20.6. The number of hydrogen-bond donors (Lipinski definition) is 1. The summed E-state index contributed by atoms with van der Waals surface area (Å²) in [4.78, 5) is 15.0. The molecule has 1 unspecified atom stereocenters. The molecule has 2 aromatic carbocycles. The Bertz CT molecular complexity index is 1270. The fourth-order valence-electron chi connectivity index (χ4n) is 3.55. The number of anilines is 2. The molecule has 2 aromatic rings. The van der Waals surface area contributed by atoms with Gasteiger partial charge in [-0.05, 0) is 62.9 Å². The van der Waals surface area contributed by atoms with E-state index in [1.165, 1.54) is 17.4 Å². The van der Waals surface area contributed by atoms with Crippen molar-refractivity contribution in [3.05, 3.63) is 48.0 Å². The van der Waals surface area contributed by atoms with Crippen LogP contribution in [0.2, 0.25) is 0 Å². The fourth-order valence-corrected chi connectivity index (χ4v) is 5.73. The van der Waals surface area contributed by atoms with E-state index < -0.39 is 32.1 Å². The van der Waals surface area contributed by atoms with Crippen LogP contribution < -0.4 is 14.4 Å². The molecule has 0 aliphatic carbocycles. The second kappa shape index (κ2) is 10.5. The smallest absolute Gasteiger partial charge is 0.265 e. The highest BCUT2D eigenvalue weighted by Gasteiger charge is 2.29. The van der Waals surface area contributed by atoms with Crippen LogP contribution >= 0.6 is 0 Å². The van der Waals surface area contributed by atoms with Crippen molar-refractivity contribution in [2.75, 3.05) is 56.2 Å². The van der Waals surface area contributed by atoms with Gasteiger partial charge in [0.05, 0.1) is 16.8 Å². The molecule has 3 rings (SSSR count). The van der Waals surface area contributed by atoms with E-state index in [1.807, 2.05) is 7.05 Å². The number of sulfonamides is 2. The quantitative estimate of drug-likeness (QED) is 0.559. The van der Waals surface area contributed by atoms with Crippen LogP contribution in [0.25, 0.3) is 0 Å². The Morgan fingerprint density at radius 2 is 1.63 bits per heavy atom. The highest BCUT2D eigenvalue weighted by atomic mass is 32.2. The molecule has 1 aliphatic rings. The van der Waals surface area contributed by atoms with Crippen LogP contribution in [-0.2, 0) is 24.8 Å². The lowest BCUT2D eigenvalue weighted by molar-refractivity contribution is -0.122. The summed E-state index contributed by atoms with van der Waals surface area (Å²) >= 11 is 0. The van der Waals surface area contributed by atoms with E-state index in [1.54, 1.807) is 50.2 Å². The molecule has 0 radical (unpaired) electrons. The molecule has 0 spiro atoms. The van der Waals surface area contributed by atoms with Gasteiger partial charge in [0, 0.05) is 38.9 Å². The second-order valence-corrected chi connectivity index (χ2v) is 12.6. The van der Waals surface area contributed by atoms with E-state index in [-0.39, 0.29) is 4.90 Å². The summed E-state index contributed by atoms with van der Waals surface area (Å²) < 4.78 is 58.0. The maximum Gasteiger partial charge on any atom is 0.265 e. The van der Waals surface area contributed by atoms with Gasteiger partial charge >= 0.3 is 0 Å². The van der Waals surface area contributed by atoms with Gasteiger partial charge in [-0.25, -0.2) is 16.8 Å². The van der Waals surface area contributed by atoms with Crippen molar-refractivity contribution in [2.45, 2.75) is 24.8 Å². The molecular weight excluding hydrogens is 492 g/mol. The maximum absolute atomic E-state index is 13.2. The maximum atomic E-state index is 13.2. The summed E-state index contributed by atoms with van der Waals surface area (Å²) in [5, 5.41) is 2.72. The molecule has 192 valence electrons. The van der Waals surface area contributed by atoms with E-state index in [4.69, 9.17) is 4.74 Å². The minimum atomic E-state index is -3.69. The van der Waals surface area contributed by atoms with E-state index in [2.05, 4.69) is 10.2 Å². The Hall–Kier alpha value is -2.67. The minimum absolute atomic E-state index is 0.166. The number of likely N-dealkylation sites (N-methyl/N-ethyl adjacent to an activating group) is 1. The molecule has 1 heterocycles. The van der Waals surface area contributed by atoms with Crippen molar-refractivity contribution in [1.29, 1.82) is 0 Å². The number of rotatable bonds is 8. The van der Waals surface area contributed by atoms with Crippen molar-refractivity contribution >= 4 is 37.3 Å². The number of hydrogen-bond acceptors (Lipinski definition) is 7. The van der Waals surface area contributed by atoms with Crippen LogP contribution in [0.1, 0.15) is 12.5 Å². The first kappa shape index (κ1) is 26.9. The van der Waals surface area contributed by atoms with Crippen molar-refractivity contribution in [2.24, 2.45) is 0 Å². The molecule has 12 heteroatoms. The second-order valence-electron chi connectivity index (χ2n) is 8.66. The standard InChI is InChI=1S/C23H32N4O6S2/c1-17-6-7-19(16-22(17)35(31,32)27-14-12-25(3)13-15-27)24-23(28)18(2)33-21-10-8-20(9-11-21)26(4)34(5,29)30/h6-11,16,18H,12-15H2,1-5H3,(H,24,28). The first-order valence-electron chi connectivity index (χ1n) is 11.1. The van der Waals surface area contributed by atoms with Gasteiger partial charge in [-0.1, -0.05) is 6.07 Å². The molecule has 35 heavy (non-hydrogen) atoms. The Kier molecular flexibility index (Phi) is 8.10. The molecule has 1 atom stereocenters. The van der Waals surface area contributed by atoms with Gasteiger partial charge < -0.3 is 15.0 Å². The van der Waals surface area contributed by atoms with E-state index in [0.717, 1.165) is 10.6 Å². The zero-order valence-corrected chi connectivity index (χ0v) is 22.2. The third-order valence-electron chi connectivity index (χ3n) is 5.92. The van der Waals surface area contributed by atoms with Crippen molar-refractivity contribution in [3.8, 4) is 5.75 Å². The van der Waals surface area contributed by atoms with Gasteiger partial charge in [-0.2, -0.15) is 4.31 Å². The summed E-state index contributed by atoms with van der Waals surface area (Å²) in [6, 6.07) is 11.1. The van der Waals surface area contributed by atoms with Gasteiger partial charge in [0.2, 0.25) is 20.0 Å². The third-order valence-corrected chi connectivity index (χ3v) is 9.16. The highest BCUT2D eigenvalue weighted by Crippen LogP contribution is 2.25. The Morgan fingerprint density at radius 3 is 2.20 bits per heavy atom. The first-order valence-corrected chi connectivity index (χ1v) is 14.4. The molecule has 1 saturated heterocycles. The predicted molar refractivity (Wildman–Crippen MR) is 136 cm³/mol. The molecule has 0 saturated carbocycles. The Balaban J connectivity index is 1.69. The lowest BCUT2D eigenvalue weighted by Gasteiger charge is -2.32. The number of nitrogens with one attached hydrogen (secondary N) is 1. The molecule has 0 aromatic heterocycles. The molecule has 1 amide bonds. The summed E-state index contributed by atoms with van der Waals surface area (Å²) in [7, 11) is -3.67. The number of carbonyl (C=O) groups excluding carboxylic acids is 1. The largest absolute Gasteiger partial charge is 0.481 e. The monoisotopic (exact) mass is 524 g/mol. The van der Waals surface area contributed by atoms with Crippen molar-refractivity contribution in [3.63, 3.8) is 0 Å². The van der Waals surface area contributed by atoms with Crippen LogP contribution in [0.4, 0.5) is 11.4 Å². The topological polar surface area (TPSA) is 116 Å². The van der Waals surface area contributed by atoms with E-state index >= 15 is 0 Å². The van der Waals surface area contributed by atoms with Crippen LogP contribution in [0.5, 0.6) is 5.75 Å². The van der Waals surface area contributed by atoms with Crippen molar-refractivity contribution < 1.29 is 26.4 Å². The number of benzene rings is 2. The molecule has 10 nitrogen and oxygen atoms in total. The van der Waals surface area contributed by atoms with E-state index in [9.17, 15) is 21.6 Å². The fraction of sp³-hybridized carbons (Fsp3) is 0.435. The van der Waals surface area contributed by atoms with Gasteiger partial charge in [0.25, 0.3) is 5.91 Å². The minimum Gasteiger partial charge on any atom is -0.481 e. The summed E-state index contributed by atoms with van der Waals surface area (Å²) in [5.41, 5.74) is 1.42. The number of ether oxygens (including phenoxy) is 1.